The van der Waals surface area contributed by atoms with E-state index in [-0.39, 0.29) is 23.7 Å². The SMILES string of the molecule is CC(C)(NC(=O)c1cc2c(NC(=O)c3ccc(CN4CCCCC4)cc3)nn(C(=O)OC3CCCC3)c2s1)c1ccccc1Cl. The number of nitrogens with zero attached hydrogens (tertiary/aromatic N) is 3. The van der Waals surface area contributed by atoms with E-state index < -0.39 is 11.6 Å². The predicted molar refractivity (Wildman–Crippen MR) is 177 cm³/mol. The summed E-state index contributed by atoms with van der Waals surface area (Å²) in [5.41, 5.74) is 1.64. The molecule has 1 aliphatic carbocycles. The van der Waals surface area contributed by atoms with Crippen molar-refractivity contribution >= 4 is 56.9 Å². The molecule has 0 atom stereocenters. The van der Waals surface area contributed by atoms with Crippen molar-refractivity contribution in [1.29, 1.82) is 0 Å². The van der Waals surface area contributed by atoms with Gasteiger partial charge >= 0.3 is 6.09 Å². The Bertz CT molecular complexity index is 1700. The Hall–Kier alpha value is -3.73. The molecule has 9 nitrogen and oxygen atoms in total. The van der Waals surface area contributed by atoms with E-state index in [2.05, 4.69) is 20.6 Å². The Balaban J connectivity index is 1.24. The fraction of sp³-hybridized carbons (Fsp3) is 0.412. The number of halogens is 1. The quantitative estimate of drug-likeness (QED) is 0.204. The highest BCUT2D eigenvalue weighted by Crippen LogP contribution is 2.34. The van der Waals surface area contributed by atoms with E-state index in [0.29, 0.717) is 25.7 Å². The molecule has 3 heterocycles. The highest BCUT2D eigenvalue weighted by Gasteiger charge is 2.29. The molecule has 1 saturated carbocycles. The summed E-state index contributed by atoms with van der Waals surface area (Å²) in [7, 11) is 0. The van der Waals surface area contributed by atoms with E-state index in [0.717, 1.165) is 72.5 Å². The van der Waals surface area contributed by atoms with E-state index in [1.165, 1.54) is 19.3 Å². The topological polar surface area (TPSA) is 106 Å². The van der Waals surface area contributed by atoms with E-state index in [9.17, 15) is 14.4 Å². The molecule has 2 aromatic heterocycles. The van der Waals surface area contributed by atoms with Crippen molar-refractivity contribution in [2.24, 2.45) is 0 Å². The number of fused-ring (bicyclic) bond motifs is 1. The number of thiophene rings is 1. The van der Waals surface area contributed by atoms with Gasteiger partial charge in [0.25, 0.3) is 11.8 Å². The summed E-state index contributed by atoms with van der Waals surface area (Å²) in [5.74, 6) is -0.498. The van der Waals surface area contributed by atoms with Crippen molar-refractivity contribution in [3.8, 4) is 0 Å². The van der Waals surface area contributed by atoms with Crippen molar-refractivity contribution in [3.63, 3.8) is 0 Å². The van der Waals surface area contributed by atoms with Gasteiger partial charge in [-0.05, 0) is 101 Å². The lowest BCUT2D eigenvalue weighted by molar-refractivity contribution is 0.0915. The maximum absolute atomic E-state index is 13.5. The summed E-state index contributed by atoms with van der Waals surface area (Å²) in [6.07, 6.45) is 6.57. The average Bonchev–Trinajstić information content (AvgIpc) is 3.77. The second kappa shape index (κ2) is 13.3. The van der Waals surface area contributed by atoms with Gasteiger partial charge in [-0.1, -0.05) is 48.4 Å². The van der Waals surface area contributed by atoms with Crippen LogP contribution in [0.2, 0.25) is 5.02 Å². The third kappa shape index (κ3) is 7.08. The summed E-state index contributed by atoms with van der Waals surface area (Å²) in [5, 5.41) is 11.4. The first kappa shape index (κ1) is 31.3. The van der Waals surface area contributed by atoms with Crippen LogP contribution < -0.4 is 10.6 Å². The molecule has 2 N–H and O–H groups in total. The number of anilines is 1. The van der Waals surface area contributed by atoms with Crippen LogP contribution in [0, 0.1) is 0 Å². The van der Waals surface area contributed by atoms with Gasteiger partial charge in [0.1, 0.15) is 10.9 Å². The van der Waals surface area contributed by atoms with Gasteiger partial charge in [0.15, 0.2) is 5.82 Å². The van der Waals surface area contributed by atoms with Crippen LogP contribution in [0.25, 0.3) is 10.2 Å². The van der Waals surface area contributed by atoms with Gasteiger partial charge in [0.2, 0.25) is 0 Å². The molecule has 0 radical (unpaired) electrons. The summed E-state index contributed by atoms with van der Waals surface area (Å²) < 4.78 is 6.90. The average molecular weight is 648 g/mol. The van der Waals surface area contributed by atoms with Crippen LogP contribution in [0.5, 0.6) is 0 Å². The van der Waals surface area contributed by atoms with Gasteiger partial charge < -0.3 is 15.4 Å². The zero-order chi connectivity index (χ0) is 31.6. The number of carbonyl (C=O) groups is 3. The first-order chi connectivity index (χ1) is 21.7. The van der Waals surface area contributed by atoms with Crippen LogP contribution in [-0.4, -0.2) is 51.8 Å². The second-order valence-electron chi connectivity index (χ2n) is 12.4. The Morgan fingerprint density at radius 2 is 1.69 bits per heavy atom. The summed E-state index contributed by atoms with van der Waals surface area (Å²) in [4.78, 5) is 43.4. The number of amides is 2. The standard InChI is InChI=1S/C34H38ClN5O4S/c1-34(2,26-12-6-7-13-27(26)35)37-31(42)28-20-25-29(38-40(32(25)45-28)33(43)44-24-10-4-5-11-24)36-30(41)23-16-14-22(15-17-23)21-39-18-8-3-9-19-39/h6-7,12-17,20,24H,3-5,8-11,18-19,21H2,1-2H3,(H,37,42)(H,36,38,41). The number of ether oxygens (including phenoxy) is 1. The number of hydrogen-bond acceptors (Lipinski definition) is 7. The van der Waals surface area contributed by atoms with Gasteiger partial charge in [0, 0.05) is 17.1 Å². The third-order valence-electron chi connectivity index (χ3n) is 8.60. The van der Waals surface area contributed by atoms with E-state index in [1.807, 2.05) is 44.2 Å². The zero-order valence-corrected chi connectivity index (χ0v) is 27.2. The minimum Gasteiger partial charge on any atom is -0.445 e. The lowest BCUT2D eigenvalue weighted by Gasteiger charge is -2.27. The number of benzene rings is 2. The van der Waals surface area contributed by atoms with Crippen LogP contribution in [0.15, 0.2) is 54.6 Å². The Morgan fingerprint density at radius 1 is 0.978 bits per heavy atom. The molecule has 6 rings (SSSR count). The van der Waals surface area contributed by atoms with Crippen LogP contribution in [-0.2, 0) is 16.8 Å². The van der Waals surface area contributed by atoms with Gasteiger partial charge in [-0.15, -0.1) is 16.4 Å². The van der Waals surface area contributed by atoms with Crippen LogP contribution in [0.4, 0.5) is 10.6 Å². The van der Waals surface area contributed by atoms with E-state index >= 15 is 0 Å². The molecule has 2 fully saturated rings. The number of nitrogens with one attached hydrogen (secondary N) is 2. The van der Waals surface area contributed by atoms with Gasteiger partial charge in [-0.3, -0.25) is 14.5 Å². The number of rotatable bonds is 8. The van der Waals surface area contributed by atoms with Crippen molar-refractivity contribution < 1.29 is 19.1 Å². The maximum Gasteiger partial charge on any atom is 0.436 e. The predicted octanol–water partition coefficient (Wildman–Crippen LogP) is 7.58. The summed E-state index contributed by atoms with van der Waals surface area (Å²) in [6.45, 7) is 6.82. The fourth-order valence-corrected chi connectivity index (χ4v) is 7.50. The molecule has 0 unspecified atom stereocenters. The molecule has 2 aliphatic rings. The lowest BCUT2D eigenvalue weighted by Crippen LogP contribution is -2.40. The summed E-state index contributed by atoms with van der Waals surface area (Å²) >= 11 is 7.55. The first-order valence-electron chi connectivity index (χ1n) is 15.6. The van der Waals surface area contributed by atoms with Gasteiger partial charge in [0.05, 0.1) is 15.8 Å². The molecule has 1 saturated heterocycles. The molecular formula is C34H38ClN5O4S. The molecule has 4 aromatic rings. The monoisotopic (exact) mass is 647 g/mol. The first-order valence-corrected chi connectivity index (χ1v) is 16.8. The van der Waals surface area contributed by atoms with Crippen LogP contribution in [0.1, 0.15) is 89.9 Å². The molecule has 2 aromatic carbocycles. The van der Waals surface area contributed by atoms with Crippen LogP contribution >= 0.6 is 22.9 Å². The molecule has 0 spiro atoms. The van der Waals surface area contributed by atoms with Crippen molar-refractivity contribution in [3.05, 3.63) is 81.2 Å². The molecule has 45 heavy (non-hydrogen) atoms. The smallest absolute Gasteiger partial charge is 0.436 e. The van der Waals surface area contributed by atoms with Crippen molar-refractivity contribution in [2.75, 3.05) is 18.4 Å². The van der Waals surface area contributed by atoms with Crippen LogP contribution in [0.3, 0.4) is 0 Å². The number of piperidine rings is 1. The Morgan fingerprint density at radius 3 is 2.40 bits per heavy atom. The Kier molecular flexibility index (Phi) is 9.26. The highest BCUT2D eigenvalue weighted by molar-refractivity contribution is 7.20. The molecule has 11 heteroatoms. The van der Waals surface area contributed by atoms with Gasteiger partial charge in [-0.25, -0.2) is 4.79 Å². The molecule has 2 amide bonds. The highest BCUT2D eigenvalue weighted by atomic mass is 35.5. The normalized spacial score (nSPS) is 16.2. The number of likely N-dealkylation sites (tertiary alicyclic amines) is 1. The van der Waals surface area contributed by atoms with Crippen molar-refractivity contribution in [1.82, 2.24) is 20.0 Å². The zero-order valence-electron chi connectivity index (χ0n) is 25.6. The maximum atomic E-state index is 13.5. The summed E-state index contributed by atoms with van der Waals surface area (Å²) in [6, 6.07) is 16.6. The Labute approximate surface area is 271 Å². The van der Waals surface area contributed by atoms with E-state index in [1.54, 1.807) is 24.3 Å². The molecule has 1 aliphatic heterocycles. The van der Waals surface area contributed by atoms with Crippen molar-refractivity contribution in [2.45, 2.75) is 77.0 Å². The molecule has 0 bridgehead atoms. The minimum atomic E-state index is -0.768. The number of hydrogen-bond donors (Lipinski definition) is 2. The second-order valence-corrected chi connectivity index (χ2v) is 13.9. The fourth-order valence-electron chi connectivity index (χ4n) is 6.13. The number of carbonyl (C=O) groups excluding carboxylic acids is 3. The molecular weight excluding hydrogens is 610 g/mol. The molecule has 236 valence electrons. The largest absolute Gasteiger partial charge is 0.445 e. The van der Waals surface area contributed by atoms with Gasteiger partial charge in [-0.2, -0.15) is 4.68 Å². The van der Waals surface area contributed by atoms with E-state index in [4.69, 9.17) is 16.3 Å². The number of aromatic nitrogens is 2. The lowest BCUT2D eigenvalue weighted by atomic mass is 9.94. The minimum absolute atomic E-state index is 0.169. The third-order valence-corrected chi connectivity index (χ3v) is 10.0.